The summed E-state index contributed by atoms with van der Waals surface area (Å²) < 4.78 is 5.18. The summed E-state index contributed by atoms with van der Waals surface area (Å²) in [5, 5.41) is 9.36. The highest BCUT2D eigenvalue weighted by Crippen LogP contribution is 2.66. The van der Waals surface area contributed by atoms with Crippen LogP contribution in [0.25, 0.3) is 0 Å². The largest absolute Gasteiger partial charge is 0.497 e. The Morgan fingerprint density at radius 3 is 2.44 bits per heavy atom. The highest BCUT2D eigenvalue weighted by atomic mass is 16.5. The number of hydrogen-bond donors (Lipinski definition) is 1. The molecule has 2 heteroatoms. The summed E-state index contributed by atoms with van der Waals surface area (Å²) in [5.41, 5.74) is 1.70. The van der Waals surface area contributed by atoms with E-state index in [1.807, 2.05) is 12.1 Å². The molecule has 0 heterocycles. The van der Waals surface area contributed by atoms with Gasteiger partial charge in [-0.1, -0.05) is 12.1 Å². The van der Waals surface area contributed by atoms with E-state index >= 15 is 0 Å². The van der Waals surface area contributed by atoms with E-state index in [0.29, 0.717) is 17.9 Å². The molecule has 2 nitrogen and oxygen atoms in total. The van der Waals surface area contributed by atoms with E-state index in [9.17, 15) is 5.11 Å². The number of aliphatic hydroxyl groups excluding tert-OH is 1. The van der Waals surface area contributed by atoms with Crippen LogP contribution in [0, 0.1) is 11.8 Å². The molecule has 0 amide bonds. The lowest BCUT2D eigenvalue weighted by Crippen LogP contribution is -2.14. The van der Waals surface area contributed by atoms with Gasteiger partial charge in [0, 0.05) is 12.0 Å². The third-order valence-corrected chi connectivity index (χ3v) is 4.31. The molecule has 1 aromatic rings. The lowest BCUT2D eigenvalue weighted by molar-refractivity contribution is 0.259. The second-order valence-corrected chi connectivity index (χ2v) is 5.13. The molecule has 16 heavy (non-hydrogen) atoms. The number of rotatable bonds is 4. The monoisotopic (exact) mass is 218 g/mol. The van der Waals surface area contributed by atoms with Crippen LogP contribution < -0.4 is 4.74 Å². The van der Waals surface area contributed by atoms with Crippen LogP contribution in [0.1, 0.15) is 24.8 Å². The van der Waals surface area contributed by atoms with Gasteiger partial charge in [0.2, 0.25) is 0 Å². The van der Waals surface area contributed by atoms with Gasteiger partial charge < -0.3 is 9.84 Å². The maximum Gasteiger partial charge on any atom is 0.118 e. The molecule has 86 valence electrons. The molecule has 2 unspecified atom stereocenters. The van der Waals surface area contributed by atoms with E-state index in [2.05, 4.69) is 12.1 Å². The molecule has 2 atom stereocenters. The zero-order valence-corrected chi connectivity index (χ0v) is 9.65. The van der Waals surface area contributed by atoms with Gasteiger partial charge in [-0.3, -0.25) is 0 Å². The third kappa shape index (κ3) is 1.36. The zero-order chi connectivity index (χ0) is 11.2. The molecule has 3 rings (SSSR count). The minimum Gasteiger partial charge on any atom is -0.497 e. The van der Waals surface area contributed by atoms with Gasteiger partial charge in [-0.05, 0) is 48.8 Å². The summed E-state index contributed by atoms with van der Waals surface area (Å²) in [6.45, 7) is 0.336. The maximum atomic E-state index is 9.36. The van der Waals surface area contributed by atoms with Gasteiger partial charge in [0.15, 0.2) is 0 Å². The van der Waals surface area contributed by atoms with Crippen molar-refractivity contribution in [2.45, 2.75) is 24.7 Å². The maximum absolute atomic E-state index is 9.36. The van der Waals surface area contributed by atoms with Crippen LogP contribution >= 0.6 is 0 Å². The van der Waals surface area contributed by atoms with Gasteiger partial charge in [-0.25, -0.2) is 0 Å². The first-order valence-corrected chi connectivity index (χ1v) is 6.06. The molecule has 0 aliphatic heterocycles. The zero-order valence-electron chi connectivity index (χ0n) is 9.65. The summed E-state index contributed by atoms with van der Waals surface area (Å²) in [5.74, 6) is 2.22. The average Bonchev–Trinajstić information content (AvgIpc) is 3.20. The summed E-state index contributed by atoms with van der Waals surface area (Å²) >= 11 is 0. The lowest BCUT2D eigenvalue weighted by Gasteiger charge is -2.17. The third-order valence-electron chi connectivity index (χ3n) is 4.31. The SMILES string of the molecule is COc1ccc(C2(C3CC3)CC2CO)cc1. The molecule has 0 radical (unpaired) electrons. The highest BCUT2D eigenvalue weighted by molar-refractivity contribution is 5.40. The number of ether oxygens (including phenoxy) is 1. The summed E-state index contributed by atoms with van der Waals surface area (Å²) in [7, 11) is 1.69. The van der Waals surface area contributed by atoms with Crippen molar-refractivity contribution in [1.82, 2.24) is 0 Å². The van der Waals surface area contributed by atoms with E-state index in [0.717, 1.165) is 11.7 Å². The molecule has 1 aromatic carbocycles. The molecule has 0 bridgehead atoms. The normalized spacial score (nSPS) is 32.5. The van der Waals surface area contributed by atoms with Crippen molar-refractivity contribution >= 4 is 0 Å². The molecule has 0 spiro atoms. The van der Waals surface area contributed by atoms with Crippen molar-refractivity contribution in [2.75, 3.05) is 13.7 Å². The fraction of sp³-hybridized carbons (Fsp3) is 0.571. The van der Waals surface area contributed by atoms with Crippen LogP contribution in [0.4, 0.5) is 0 Å². The van der Waals surface area contributed by atoms with Crippen LogP contribution in [0.15, 0.2) is 24.3 Å². The Morgan fingerprint density at radius 1 is 1.31 bits per heavy atom. The Bertz CT molecular complexity index is 380. The van der Waals surface area contributed by atoms with Gasteiger partial charge in [-0.15, -0.1) is 0 Å². The second kappa shape index (κ2) is 3.49. The minimum absolute atomic E-state index is 0.307. The Kier molecular flexibility index (Phi) is 2.21. The summed E-state index contributed by atoms with van der Waals surface area (Å²) in [6, 6.07) is 8.41. The van der Waals surface area contributed by atoms with Gasteiger partial charge in [0.05, 0.1) is 7.11 Å². The van der Waals surface area contributed by atoms with E-state index in [4.69, 9.17) is 4.74 Å². The van der Waals surface area contributed by atoms with E-state index in [-0.39, 0.29) is 0 Å². The first-order chi connectivity index (χ1) is 7.81. The highest BCUT2D eigenvalue weighted by Gasteiger charge is 2.62. The van der Waals surface area contributed by atoms with Gasteiger partial charge in [-0.2, -0.15) is 0 Å². The van der Waals surface area contributed by atoms with E-state index in [1.54, 1.807) is 7.11 Å². The molecule has 2 aliphatic rings. The van der Waals surface area contributed by atoms with Crippen LogP contribution in [0.2, 0.25) is 0 Å². The van der Waals surface area contributed by atoms with Crippen molar-refractivity contribution in [2.24, 2.45) is 11.8 Å². The molecule has 1 N–H and O–H groups in total. The number of methoxy groups -OCH3 is 1. The Balaban J connectivity index is 1.89. The van der Waals surface area contributed by atoms with Crippen LogP contribution in [-0.2, 0) is 5.41 Å². The van der Waals surface area contributed by atoms with Crippen molar-refractivity contribution < 1.29 is 9.84 Å². The second-order valence-electron chi connectivity index (χ2n) is 5.13. The standard InChI is InChI=1S/C14H18O2/c1-16-13-6-4-11(5-7-13)14(10-2-3-10)8-12(14)9-15/h4-7,10,12,15H,2-3,8-9H2,1H3. The van der Waals surface area contributed by atoms with Crippen molar-refractivity contribution in [3.8, 4) is 5.75 Å². The summed E-state index contributed by atoms with van der Waals surface area (Å²) in [6.07, 6.45) is 3.84. The summed E-state index contributed by atoms with van der Waals surface area (Å²) in [4.78, 5) is 0. The first kappa shape index (κ1) is 10.2. The van der Waals surface area contributed by atoms with Crippen molar-refractivity contribution in [1.29, 1.82) is 0 Å². The fourth-order valence-corrected chi connectivity index (χ4v) is 3.17. The predicted molar refractivity (Wildman–Crippen MR) is 62.6 cm³/mol. The Morgan fingerprint density at radius 2 is 2.00 bits per heavy atom. The molecule has 2 fully saturated rings. The quantitative estimate of drug-likeness (QED) is 0.840. The number of hydrogen-bond acceptors (Lipinski definition) is 2. The Labute approximate surface area is 96.2 Å². The molecule has 0 saturated heterocycles. The molecular formula is C14H18O2. The van der Waals surface area contributed by atoms with Crippen LogP contribution in [-0.4, -0.2) is 18.8 Å². The van der Waals surface area contributed by atoms with E-state index < -0.39 is 0 Å². The van der Waals surface area contributed by atoms with Gasteiger partial charge >= 0.3 is 0 Å². The van der Waals surface area contributed by atoms with E-state index in [1.165, 1.54) is 24.8 Å². The average molecular weight is 218 g/mol. The molecule has 2 aliphatic carbocycles. The van der Waals surface area contributed by atoms with Crippen molar-refractivity contribution in [3.63, 3.8) is 0 Å². The smallest absolute Gasteiger partial charge is 0.118 e. The molecule has 0 aromatic heterocycles. The van der Waals surface area contributed by atoms with Crippen LogP contribution in [0.5, 0.6) is 5.75 Å². The topological polar surface area (TPSA) is 29.5 Å². The fourth-order valence-electron chi connectivity index (χ4n) is 3.17. The van der Waals surface area contributed by atoms with Crippen LogP contribution in [0.3, 0.4) is 0 Å². The molecular weight excluding hydrogens is 200 g/mol. The lowest BCUT2D eigenvalue weighted by atomic mass is 9.88. The number of aliphatic hydroxyl groups is 1. The minimum atomic E-state index is 0.307. The predicted octanol–water partition coefficient (Wildman–Crippen LogP) is 2.36. The molecule has 2 saturated carbocycles. The Hall–Kier alpha value is -1.02. The van der Waals surface area contributed by atoms with Crippen molar-refractivity contribution in [3.05, 3.63) is 29.8 Å². The van der Waals surface area contributed by atoms with Gasteiger partial charge in [0.1, 0.15) is 5.75 Å². The van der Waals surface area contributed by atoms with Gasteiger partial charge in [0.25, 0.3) is 0 Å². The number of benzene rings is 1. The first-order valence-electron chi connectivity index (χ1n) is 6.06.